The molecule has 2 rings (SSSR count). The zero-order valence-electron chi connectivity index (χ0n) is 11.3. The maximum absolute atomic E-state index is 3.79. The third-order valence-corrected chi connectivity index (χ3v) is 4.88. The standard InChI is InChI=1S/C14H28N2/c1-12(13-5-9-16(3)10-6-13)15-11-14(2)7-4-8-14/h12-13,15H,4-11H2,1-3H3. The highest BCUT2D eigenvalue weighted by Crippen LogP contribution is 2.39. The molecule has 1 unspecified atom stereocenters. The summed E-state index contributed by atoms with van der Waals surface area (Å²) in [7, 11) is 2.24. The van der Waals surface area contributed by atoms with Crippen LogP contribution in [-0.2, 0) is 0 Å². The summed E-state index contributed by atoms with van der Waals surface area (Å²) in [6, 6.07) is 0.714. The summed E-state index contributed by atoms with van der Waals surface area (Å²) in [5.41, 5.74) is 0.625. The highest BCUT2D eigenvalue weighted by Gasteiger charge is 2.32. The summed E-state index contributed by atoms with van der Waals surface area (Å²) >= 11 is 0. The van der Waals surface area contributed by atoms with E-state index in [9.17, 15) is 0 Å². The summed E-state index contributed by atoms with van der Waals surface area (Å²) in [4.78, 5) is 2.45. The van der Waals surface area contributed by atoms with Gasteiger partial charge in [-0.2, -0.15) is 0 Å². The Morgan fingerprint density at radius 3 is 2.44 bits per heavy atom. The predicted octanol–water partition coefficient (Wildman–Crippen LogP) is 2.50. The van der Waals surface area contributed by atoms with E-state index in [0.29, 0.717) is 11.5 Å². The van der Waals surface area contributed by atoms with E-state index >= 15 is 0 Å². The van der Waals surface area contributed by atoms with Gasteiger partial charge in [0.1, 0.15) is 0 Å². The fourth-order valence-electron chi connectivity index (χ4n) is 3.06. The molecule has 0 amide bonds. The summed E-state index contributed by atoms with van der Waals surface area (Å²) in [6.07, 6.45) is 7.06. The molecule has 0 radical (unpaired) electrons. The third-order valence-electron chi connectivity index (χ3n) is 4.88. The van der Waals surface area contributed by atoms with Gasteiger partial charge in [-0.15, -0.1) is 0 Å². The van der Waals surface area contributed by atoms with Gasteiger partial charge >= 0.3 is 0 Å². The van der Waals surface area contributed by atoms with Gasteiger partial charge in [0, 0.05) is 12.6 Å². The van der Waals surface area contributed by atoms with E-state index in [0.717, 1.165) is 5.92 Å². The Morgan fingerprint density at radius 2 is 1.94 bits per heavy atom. The van der Waals surface area contributed by atoms with E-state index in [2.05, 4.69) is 31.1 Å². The van der Waals surface area contributed by atoms with Crippen LogP contribution in [0.15, 0.2) is 0 Å². The van der Waals surface area contributed by atoms with Gasteiger partial charge in [0.25, 0.3) is 0 Å². The number of hydrogen-bond acceptors (Lipinski definition) is 2. The van der Waals surface area contributed by atoms with Crippen molar-refractivity contribution in [2.75, 3.05) is 26.7 Å². The molecule has 2 aliphatic rings. The van der Waals surface area contributed by atoms with Crippen molar-refractivity contribution >= 4 is 0 Å². The van der Waals surface area contributed by atoms with Crippen LogP contribution < -0.4 is 5.32 Å². The molecule has 0 spiro atoms. The fourth-order valence-corrected chi connectivity index (χ4v) is 3.06. The zero-order chi connectivity index (χ0) is 11.6. The Bertz CT molecular complexity index is 215. The first kappa shape index (κ1) is 12.4. The van der Waals surface area contributed by atoms with Gasteiger partial charge in [-0.05, 0) is 64.1 Å². The van der Waals surface area contributed by atoms with Crippen molar-refractivity contribution < 1.29 is 0 Å². The van der Waals surface area contributed by atoms with Gasteiger partial charge in [0.2, 0.25) is 0 Å². The van der Waals surface area contributed by atoms with Crippen molar-refractivity contribution in [2.24, 2.45) is 11.3 Å². The zero-order valence-corrected chi connectivity index (χ0v) is 11.3. The van der Waals surface area contributed by atoms with E-state index < -0.39 is 0 Å². The average molecular weight is 224 g/mol. The van der Waals surface area contributed by atoms with E-state index in [-0.39, 0.29) is 0 Å². The Morgan fingerprint density at radius 1 is 1.31 bits per heavy atom. The Hall–Kier alpha value is -0.0800. The number of hydrogen-bond donors (Lipinski definition) is 1. The lowest BCUT2D eigenvalue weighted by Crippen LogP contribution is -2.45. The van der Waals surface area contributed by atoms with Crippen molar-refractivity contribution in [3.8, 4) is 0 Å². The largest absolute Gasteiger partial charge is 0.313 e. The molecule has 94 valence electrons. The Kier molecular flexibility index (Phi) is 3.91. The molecule has 1 atom stereocenters. The van der Waals surface area contributed by atoms with Gasteiger partial charge in [-0.3, -0.25) is 0 Å². The Balaban J connectivity index is 1.69. The molecule has 1 saturated carbocycles. The minimum atomic E-state index is 0.625. The quantitative estimate of drug-likeness (QED) is 0.789. The molecule has 1 aliphatic carbocycles. The number of rotatable bonds is 4. The molecular weight excluding hydrogens is 196 g/mol. The SMILES string of the molecule is CC(NCC1(C)CCC1)C1CCN(C)CC1. The summed E-state index contributed by atoms with van der Waals surface area (Å²) < 4.78 is 0. The monoisotopic (exact) mass is 224 g/mol. The molecule has 2 nitrogen and oxygen atoms in total. The summed E-state index contributed by atoms with van der Waals surface area (Å²) in [5, 5.41) is 3.79. The van der Waals surface area contributed by atoms with Gasteiger partial charge in [-0.1, -0.05) is 13.3 Å². The van der Waals surface area contributed by atoms with E-state index in [1.54, 1.807) is 0 Å². The molecule has 0 aromatic rings. The van der Waals surface area contributed by atoms with Crippen molar-refractivity contribution in [2.45, 2.75) is 52.0 Å². The predicted molar refractivity (Wildman–Crippen MR) is 69.6 cm³/mol. The maximum Gasteiger partial charge on any atom is 0.00681 e. The van der Waals surface area contributed by atoms with Crippen molar-refractivity contribution in [1.29, 1.82) is 0 Å². The molecular formula is C14H28N2. The van der Waals surface area contributed by atoms with Crippen molar-refractivity contribution in [3.63, 3.8) is 0 Å². The van der Waals surface area contributed by atoms with E-state index in [1.165, 1.54) is 51.7 Å². The molecule has 1 aliphatic heterocycles. The first-order valence-corrected chi connectivity index (χ1v) is 7.01. The topological polar surface area (TPSA) is 15.3 Å². The third kappa shape index (κ3) is 2.98. The minimum Gasteiger partial charge on any atom is -0.313 e. The van der Waals surface area contributed by atoms with Crippen LogP contribution in [0.1, 0.15) is 46.0 Å². The molecule has 2 fully saturated rings. The minimum absolute atomic E-state index is 0.625. The van der Waals surface area contributed by atoms with Crippen molar-refractivity contribution in [3.05, 3.63) is 0 Å². The molecule has 1 heterocycles. The summed E-state index contributed by atoms with van der Waals surface area (Å²) in [6.45, 7) is 8.63. The number of piperidine rings is 1. The van der Waals surface area contributed by atoms with Crippen LogP contribution in [0.4, 0.5) is 0 Å². The molecule has 16 heavy (non-hydrogen) atoms. The first-order chi connectivity index (χ1) is 7.59. The molecule has 2 heteroatoms. The lowest BCUT2D eigenvalue weighted by molar-refractivity contribution is 0.133. The van der Waals surface area contributed by atoms with Gasteiger partial charge in [-0.25, -0.2) is 0 Å². The Labute approximate surface area is 101 Å². The molecule has 1 N–H and O–H groups in total. The number of nitrogens with zero attached hydrogens (tertiary/aromatic N) is 1. The lowest BCUT2D eigenvalue weighted by atomic mass is 9.70. The molecule has 0 aromatic carbocycles. The number of likely N-dealkylation sites (tertiary alicyclic amines) is 1. The van der Waals surface area contributed by atoms with Crippen LogP contribution >= 0.6 is 0 Å². The number of nitrogens with one attached hydrogen (secondary N) is 1. The van der Waals surface area contributed by atoms with Crippen molar-refractivity contribution in [1.82, 2.24) is 10.2 Å². The van der Waals surface area contributed by atoms with E-state index in [4.69, 9.17) is 0 Å². The summed E-state index contributed by atoms with van der Waals surface area (Å²) in [5.74, 6) is 0.903. The van der Waals surface area contributed by atoms with Gasteiger partial charge < -0.3 is 10.2 Å². The molecule has 0 bridgehead atoms. The molecule has 1 saturated heterocycles. The van der Waals surface area contributed by atoms with Crippen LogP contribution in [0.3, 0.4) is 0 Å². The van der Waals surface area contributed by atoms with Crippen LogP contribution in [0.25, 0.3) is 0 Å². The highest BCUT2D eigenvalue weighted by atomic mass is 15.1. The molecule has 0 aromatic heterocycles. The first-order valence-electron chi connectivity index (χ1n) is 7.01. The highest BCUT2D eigenvalue weighted by molar-refractivity contribution is 4.87. The average Bonchev–Trinajstić information content (AvgIpc) is 2.24. The van der Waals surface area contributed by atoms with Crippen LogP contribution in [0.2, 0.25) is 0 Å². The lowest BCUT2D eigenvalue weighted by Gasteiger charge is -2.41. The van der Waals surface area contributed by atoms with Crippen LogP contribution in [0.5, 0.6) is 0 Å². The smallest absolute Gasteiger partial charge is 0.00681 e. The second kappa shape index (κ2) is 5.05. The van der Waals surface area contributed by atoms with Gasteiger partial charge in [0.05, 0.1) is 0 Å². The normalized spacial score (nSPS) is 28.7. The van der Waals surface area contributed by atoms with E-state index in [1.807, 2.05) is 0 Å². The maximum atomic E-state index is 3.79. The fraction of sp³-hybridized carbons (Fsp3) is 1.00. The van der Waals surface area contributed by atoms with Crippen LogP contribution in [0, 0.1) is 11.3 Å². The second-order valence-corrected chi connectivity index (χ2v) is 6.47. The second-order valence-electron chi connectivity index (χ2n) is 6.47. The van der Waals surface area contributed by atoms with Crippen LogP contribution in [-0.4, -0.2) is 37.6 Å². The van der Waals surface area contributed by atoms with Gasteiger partial charge in [0.15, 0.2) is 0 Å².